The fourth-order valence-electron chi connectivity index (χ4n) is 3.29. The third kappa shape index (κ3) is 4.59. The lowest BCUT2D eigenvalue weighted by Crippen LogP contribution is -2.62. The first-order valence-corrected chi connectivity index (χ1v) is 11.0. The first-order valence-electron chi connectivity index (χ1n) is 9.47. The molecule has 0 unspecified atom stereocenters. The molecule has 1 aromatic rings. The van der Waals surface area contributed by atoms with Gasteiger partial charge in [0.05, 0.1) is 17.5 Å². The Morgan fingerprint density at radius 1 is 1.17 bits per heavy atom. The molecule has 2 fully saturated rings. The van der Waals surface area contributed by atoms with Crippen LogP contribution in [0, 0.1) is 0 Å². The Balaban J connectivity index is 1.46. The van der Waals surface area contributed by atoms with Crippen LogP contribution in [-0.2, 0) is 25.0 Å². The van der Waals surface area contributed by atoms with E-state index in [1.54, 1.807) is 24.3 Å². The molecule has 4 amide bonds. The predicted molar refractivity (Wildman–Crippen MR) is 106 cm³/mol. The summed E-state index contributed by atoms with van der Waals surface area (Å²) in [5.74, 6) is -0.517. The van der Waals surface area contributed by atoms with Crippen molar-refractivity contribution >= 4 is 27.9 Å². The normalized spacial score (nSPS) is 18.0. The van der Waals surface area contributed by atoms with Crippen LogP contribution in [0.4, 0.5) is 4.79 Å². The van der Waals surface area contributed by atoms with Gasteiger partial charge in [-0.2, -0.15) is 0 Å². The lowest BCUT2D eigenvalue weighted by Gasteiger charge is -2.42. The van der Waals surface area contributed by atoms with E-state index in [9.17, 15) is 22.8 Å². The van der Waals surface area contributed by atoms with Crippen LogP contribution in [0.5, 0.6) is 0 Å². The number of hydrogen-bond donors (Lipinski definition) is 2. The van der Waals surface area contributed by atoms with Gasteiger partial charge < -0.3 is 10.2 Å². The monoisotopic (exact) mass is 422 g/mol. The SMILES string of the molecule is CC(C)(C)c1ccc(S(=O)(=O)NCCC(=O)N2CC(N3C(=O)CNC3=O)C2)cc1. The smallest absolute Gasteiger partial charge is 0.324 e. The van der Waals surface area contributed by atoms with E-state index in [0.29, 0.717) is 0 Å². The Morgan fingerprint density at radius 3 is 2.31 bits per heavy atom. The Morgan fingerprint density at radius 2 is 1.79 bits per heavy atom. The fourth-order valence-corrected chi connectivity index (χ4v) is 4.33. The summed E-state index contributed by atoms with van der Waals surface area (Å²) in [7, 11) is -3.70. The number of urea groups is 1. The van der Waals surface area contributed by atoms with Gasteiger partial charge in [-0.25, -0.2) is 17.9 Å². The molecule has 0 radical (unpaired) electrons. The average Bonchev–Trinajstić information content (AvgIpc) is 2.92. The molecule has 10 heteroatoms. The van der Waals surface area contributed by atoms with Crippen LogP contribution < -0.4 is 10.0 Å². The zero-order valence-corrected chi connectivity index (χ0v) is 17.6. The molecule has 2 N–H and O–H groups in total. The molecule has 9 nitrogen and oxygen atoms in total. The minimum Gasteiger partial charge on any atom is -0.338 e. The Kier molecular flexibility index (Phi) is 5.68. The maximum Gasteiger partial charge on any atom is 0.324 e. The summed E-state index contributed by atoms with van der Waals surface area (Å²) in [6.07, 6.45) is 0.00612. The minimum absolute atomic E-state index is 0.00612. The largest absolute Gasteiger partial charge is 0.338 e. The molecule has 29 heavy (non-hydrogen) atoms. The number of nitrogens with zero attached hydrogens (tertiary/aromatic N) is 2. The van der Waals surface area contributed by atoms with Crippen molar-refractivity contribution in [2.75, 3.05) is 26.2 Å². The van der Waals surface area contributed by atoms with Crippen LogP contribution in [0.3, 0.4) is 0 Å². The van der Waals surface area contributed by atoms with Crippen LogP contribution in [-0.4, -0.2) is 68.3 Å². The van der Waals surface area contributed by atoms with Crippen molar-refractivity contribution in [1.29, 1.82) is 0 Å². The molecule has 2 saturated heterocycles. The second kappa shape index (κ2) is 7.75. The number of benzene rings is 1. The van der Waals surface area contributed by atoms with Crippen LogP contribution >= 0.6 is 0 Å². The maximum absolute atomic E-state index is 12.4. The molecule has 0 spiro atoms. The second-order valence-electron chi connectivity index (χ2n) is 8.30. The van der Waals surface area contributed by atoms with E-state index in [0.717, 1.165) is 10.5 Å². The van der Waals surface area contributed by atoms with Crippen LogP contribution in [0.15, 0.2) is 29.2 Å². The van der Waals surface area contributed by atoms with Gasteiger partial charge in [0.1, 0.15) is 0 Å². The topological polar surface area (TPSA) is 116 Å². The van der Waals surface area contributed by atoms with Gasteiger partial charge in [-0.1, -0.05) is 32.9 Å². The zero-order valence-electron chi connectivity index (χ0n) is 16.8. The number of hydrogen-bond acceptors (Lipinski definition) is 5. The first-order chi connectivity index (χ1) is 13.5. The van der Waals surface area contributed by atoms with Crippen LogP contribution in [0.1, 0.15) is 32.8 Å². The highest BCUT2D eigenvalue weighted by molar-refractivity contribution is 7.89. The van der Waals surface area contributed by atoms with Crippen molar-refractivity contribution < 1.29 is 22.8 Å². The van der Waals surface area contributed by atoms with Crippen molar-refractivity contribution in [2.24, 2.45) is 0 Å². The van der Waals surface area contributed by atoms with Gasteiger partial charge in [-0.15, -0.1) is 0 Å². The van der Waals surface area contributed by atoms with E-state index in [4.69, 9.17) is 0 Å². The van der Waals surface area contributed by atoms with Gasteiger partial charge in [-0.3, -0.25) is 14.5 Å². The lowest BCUT2D eigenvalue weighted by atomic mass is 9.87. The van der Waals surface area contributed by atoms with Gasteiger partial charge in [0.15, 0.2) is 0 Å². The van der Waals surface area contributed by atoms with Gasteiger partial charge in [0, 0.05) is 26.1 Å². The molecule has 0 saturated carbocycles. The number of rotatable bonds is 6. The third-order valence-corrected chi connectivity index (χ3v) is 6.60. The average molecular weight is 423 g/mol. The van der Waals surface area contributed by atoms with Crippen molar-refractivity contribution in [3.8, 4) is 0 Å². The number of nitrogens with one attached hydrogen (secondary N) is 2. The molecule has 0 atom stereocenters. The molecule has 2 heterocycles. The van der Waals surface area contributed by atoms with Gasteiger partial charge in [0.25, 0.3) is 0 Å². The molecule has 0 bridgehead atoms. The summed E-state index contributed by atoms with van der Waals surface area (Å²) in [6, 6.07) is 5.95. The number of amides is 4. The summed E-state index contributed by atoms with van der Waals surface area (Å²) in [6.45, 7) is 6.67. The quantitative estimate of drug-likeness (QED) is 0.645. The van der Waals surface area contributed by atoms with E-state index < -0.39 is 16.1 Å². The third-order valence-electron chi connectivity index (χ3n) is 5.12. The summed E-state index contributed by atoms with van der Waals surface area (Å²) in [4.78, 5) is 38.3. The second-order valence-corrected chi connectivity index (χ2v) is 10.1. The summed E-state index contributed by atoms with van der Waals surface area (Å²) >= 11 is 0. The van der Waals surface area contributed by atoms with Crippen LogP contribution in [0.2, 0.25) is 0 Å². The molecule has 158 valence electrons. The highest BCUT2D eigenvalue weighted by Gasteiger charge is 2.42. The standard InChI is InChI=1S/C19H26N4O5S/c1-19(2,3)13-4-6-15(7-5-13)29(27,28)21-9-8-16(24)22-11-14(12-22)23-17(25)10-20-18(23)26/h4-7,14,21H,8-12H2,1-3H3,(H,20,26). The van der Waals surface area contributed by atoms with Crippen LogP contribution in [0.25, 0.3) is 0 Å². The highest BCUT2D eigenvalue weighted by Crippen LogP contribution is 2.23. The molecule has 0 aromatic heterocycles. The van der Waals surface area contributed by atoms with E-state index in [-0.39, 0.29) is 60.8 Å². The molecular formula is C19H26N4O5S. The molecule has 0 aliphatic carbocycles. The van der Waals surface area contributed by atoms with E-state index in [2.05, 4.69) is 10.0 Å². The van der Waals surface area contributed by atoms with Gasteiger partial charge >= 0.3 is 6.03 Å². The van der Waals surface area contributed by atoms with Gasteiger partial charge in [-0.05, 0) is 23.1 Å². The van der Waals surface area contributed by atoms with Gasteiger partial charge in [0.2, 0.25) is 21.8 Å². The number of likely N-dealkylation sites (tertiary alicyclic amines) is 1. The number of carbonyl (C=O) groups is 3. The highest BCUT2D eigenvalue weighted by atomic mass is 32.2. The predicted octanol–water partition coefficient (Wildman–Crippen LogP) is 0.415. The number of imide groups is 1. The van der Waals surface area contributed by atoms with E-state index in [1.807, 2.05) is 20.8 Å². The summed E-state index contributed by atoms with van der Waals surface area (Å²) < 4.78 is 27.2. The lowest BCUT2D eigenvalue weighted by molar-refractivity contribution is -0.141. The minimum atomic E-state index is -3.70. The van der Waals surface area contributed by atoms with Crippen molar-refractivity contribution in [3.05, 3.63) is 29.8 Å². The molecule has 1 aromatic carbocycles. The molecule has 2 aliphatic rings. The first kappa shape index (κ1) is 21.3. The maximum atomic E-state index is 12.4. The summed E-state index contributed by atoms with van der Waals surface area (Å²) in [5.41, 5.74) is 0.960. The Hall–Kier alpha value is -2.46. The van der Waals surface area contributed by atoms with E-state index >= 15 is 0 Å². The van der Waals surface area contributed by atoms with Crippen molar-refractivity contribution in [3.63, 3.8) is 0 Å². The Labute approximate surface area is 170 Å². The number of carbonyl (C=O) groups excluding carboxylic acids is 3. The number of sulfonamides is 1. The zero-order chi connectivity index (χ0) is 21.4. The Bertz CT molecular complexity index is 899. The summed E-state index contributed by atoms with van der Waals surface area (Å²) in [5, 5.41) is 2.45. The molecule has 2 aliphatic heterocycles. The van der Waals surface area contributed by atoms with Crippen molar-refractivity contribution in [2.45, 2.75) is 43.5 Å². The fraction of sp³-hybridized carbons (Fsp3) is 0.526. The van der Waals surface area contributed by atoms with E-state index in [1.165, 1.54) is 4.90 Å². The molecule has 3 rings (SSSR count). The molecular weight excluding hydrogens is 396 g/mol. The van der Waals surface area contributed by atoms with Crippen molar-refractivity contribution in [1.82, 2.24) is 19.8 Å².